The van der Waals surface area contributed by atoms with Gasteiger partial charge in [0.15, 0.2) is 0 Å². The van der Waals surface area contributed by atoms with Crippen molar-refractivity contribution in [1.82, 2.24) is 0 Å². The molecule has 1 aliphatic rings. The lowest BCUT2D eigenvalue weighted by Gasteiger charge is -2.28. The highest BCUT2D eigenvalue weighted by Gasteiger charge is 2.24. The SMILES string of the molecule is CC(C)(C)ON(N)c1cccc2c1Cc1ccccc1-2. The van der Waals surface area contributed by atoms with Gasteiger partial charge in [0.2, 0.25) is 0 Å². The van der Waals surface area contributed by atoms with Crippen LogP contribution < -0.4 is 11.0 Å². The molecule has 2 aromatic carbocycles. The van der Waals surface area contributed by atoms with E-state index < -0.39 is 0 Å². The van der Waals surface area contributed by atoms with E-state index in [2.05, 4.69) is 30.3 Å². The van der Waals surface area contributed by atoms with Gasteiger partial charge in [-0.3, -0.25) is 4.84 Å². The van der Waals surface area contributed by atoms with E-state index in [9.17, 15) is 0 Å². The number of anilines is 1. The van der Waals surface area contributed by atoms with Crippen molar-refractivity contribution in [2.24, 2.45) is 5.84 Å². The van der Waals surface area contributed by atoms with Crippen molar-refractivity contribution in [1.29, 1.82) is 0 Å². The van der Waals surface area contributed by atoms with Crippen LogP contribution in [0, 0.1) is 0 Å². The van der Waals surface area contributed by atoms with Gasteiger partial charge >= 0.3 is 0 Å². The van der Waals surface area contributed by atoms with Gasteiger partial charge in [-0.1, -0.05) is 36.4 Å². The van der Waals surface area contributed by atoms with E-state index in [-0.39, 0.29) is 5.60 Å². The molecule has 3 nitrogen and oxygen atoms in total. The molecule has 0 aromatic heterocycles. The summed E-state index contributed by atoms with van der Waals surface area (Å²) >= 11 is 0. The zero-order valence-electron chi connectivity index (χ0n) is 12.2. The van der Waals surface area contributed by atoms with Crippen molar-refractivity contribution in [2.45, 2.75) is 32.8 Å². The lowest BCUT2D eigenvalue weighted by Crippen LogP contribution is -2.39. The number of fused-ring (bicyclic) bond motifs is 3. The first-order valence-electron chi connectivity index (χ1n) is 6.90. The highest BCUT2D eigenvalue weighted by molar-refractivity contribution is 5.81. The van der Waals surface area contributed by atoms with Crippen LogP contribution in [0.4, 0.5) is 5.69 Å². The number of nitrogens with zero attached hydrogens (tertiary/aromatic N) is 1. The monoisotopic (exact) mass is 268 g/mol. The molecule has 3 heteroatoms. The second-order valence-corrected chi connectivity index (χ2v) is 6.17. The van der Waals surface area contributed by atoms with Gasteiger partial charge in [-0.15, -0.1) is 0 Å². The average molecular weight is 268 g/mol. The molecule has 0 unspecified atom stereocenters. The topological polar surface area (TPSA) is 38.5 Å². The van der Waals surface area contributed by atoms with Crippen LogP contribution in [-0.2, 0) is 11.3 Å². The molecule has 2 N–H and O–H groups in total. The van der Waals surface area contributed by atoms with Gasteiger partial charge < -0.3 is 0 Å². The molecule has 0 spiro atoms. The number of hydrogen-bond donors (Lipinski definition) is 1. The van der Waals surface area contributed by atoms with Crippen LogP contribution in [0.2, 0.25) is 0 Å². The number of nitrogens with two attached hydrogens (primary N) is 1. The molecule has 0 saturated heterocycles. The van der Waals surface area contributed by atoms with E-state index in [4.69, 9.17) is 10.7 Å². The normalized spacial score (nSPS) is 13.0. The molecule has 20 heavy (non-hydrogen) atoms. The molecule has 0 atom stereocenters. The van der Waals surface area contributed by atoms with Gasteiger partial charge in [0.25, 0.3) is 0 Å². The largest absolute Gasteiger partial charge is 0.252 e. The van der Waals surface area contributed by atoms with Crippen LogP contribution >= 0.6 is 0 Å². The minimum atomic E-state index is -0.317. The summed E-state index contributed by atoms with van der Waals surface area (Å²) < 4.78 is 0. The maximum absolute atomic E-state index is 6.10. The van der Waals surface area contributed by atoms with Gasteiger partial charge in [-0.25, -0.2) is 5.84 Å². The Labute approximate surface area is 119 Å². The second kappa shape index (κ2) is 4.62. The summed E-state index contributed by atoms with van der Waals surface area (Å²) in [4.78, 5) is 5.76. The summed E-state index contributed by atoms with van der Waals surface area (Å²) in [5.41, 5.74) is 5.76. The smallest absolute Gasteiger partial charge is 0.0896 e. The summed E-state index contributed by atoms with van der Waals surface area (Å²) in [6.45, 7) is 5.97. The molecular formula is C17H20N2O. The Kier molecular flexibility index (Phi) is 3.04. The average Bonchev–Trinajstić information content (AvgIpc) is 2.75. The minimum Gasteiger partial charge on any atom is -0.252 e. The summed E-state index contributed by atoms with van der Waals surface area (Å²) in [7, 11) is 0. The molecule has 0 fully saturated rings. The van der Waals surface area contributed by atoms with Crippen LogP contribution in [0.1, 0.15) is 31.9 Å². The summed E-state index contributed by atoms with van der Waals surface area (Å²) in [5, 5.41) is 1.41. The maximum atomic E-state index is 6.10. The third-order valence-electron chi connectivity index (χ3n) is 3.44. The summed E-state index contributed by atoms with van der Waals surface area (Å²) in [6.07, 6.45) is 0.906. The van der Waals surface area contributed by atoms with Crippen LogP contribution in [-0.4, -0.2) is 5.60 Å². The van der Waals surface area contributed by atoms with Gasteiger partial charge in [0.05, 0.1) is 11.3 Å². The summed E-state index contributed by atoms with van der Waals surface area (Å²) in [6, 6.07) is 14.7. The van der Waals surface area contributed by atoms with Crippen LogP contribution in [0.15, 0.2) is 42.5 Å². The van der Waals surface area contributed by atoms with Gasteiger partial charge in [-0.2, -0.15) is 5.17 Å². The van der Waals surface area contributed by atoms with E-state index in [1.165, 1.54) is 27.4 Å². The molecule has 3 rings (SSSR count). The minimum absolute atomic E-state index is 0.317. The van der Waals surface area contributed by atoms with Crippen LogP contribution in [0.5, 0.6) is 0 Å². The fraction of sp³-hybridized carbons (Fsp3) is 0.294. The highest BCUT2D eigenvalue weighted by atomic mass is 16.7. The fourth-order valence-electron chi connectivity index (χ4n) is 2.69. The molecule has 0 aliphatic heterocycles. The van der Waals surface area contributed by atoms with E-state index in [1.54, 1.807) is 0 Å². The predicted octanol–water partition coefficient (Wildman–Crippen LogP) is 3.67. The Morgan fingerprint density at radius 3 is 2.45 bits per heavy atom. The Bertz CT molecular complexity index is 644. The lowest BCUT2D eigenvalue weighted by atomic mass is 10.1. The molecule has 104 valence electrons. The number of benzene rings is 2. The lowest BCUT2D eigenvalue weighted by molar-refractivity contribution is -0.0216. The Morgan fingerprint density at radius 2 is 1.70 bits per heavy atom. The standard InChI is InChI=1S/C17H20N2O/c1-17(2,3)20-19(18)16-10-6-9-14-13-8-5-4-7-12(13)11-15(14)16/h4-10H,11,18H2,1-3H3. The van der Waals surface area contributed by atoms with Gasteiger partial charge in [0, 0.05) is 6.42 Å². The zero-order valence-corrected chi connectivity index (χ0v) is 12.2. The molecule has 1 aliphatic carbocycles. The van der Waals surface area contributed by atoms with Crippen LogP contribution in [0.3, 0.4) is 0 Å². The van der Waals surface area contributed by atoms with Crippen LogP contribution in [0.25, 0.3) is 11.1 Å². The molecule has 0 saturated carbocycles. The Hall–Kier alpha value is -1.84. The number of rotatable bonds is 2. The third kappa shape index (κ3) is 2.30. The van der Waals surface area contributed by atoms with Crippen molar-refractivity contribution in [3.63, 3.8) is 0 Å². The number of hydrogen-bond acceptors (Lipinski definition) is 3. The Balaban J connectivity index is 2.01. The van der Waals surface area contributed by atoms with Crippen molar-refractivity contribution < 1.29 is 4.84 Å². The second-order valence-electron chi connectivity index (χ2n) is 6.17. The first-order chi connectivity index (χ1) is 9.46. The molecule has 2 aromatic rings. The third-order valence-corrected chi connectivity index (χ3v) is 3.44. The molecule has 0 heterocycles. The summed E-state index contributed by atoms with van der Waals surface area (Å²) in [5.74, 6) is 6.10. The molecule has 0 radical (unpaired) electrons. The molecule has 0 bridgehead atoms. The van der Waals surface area contributed by atoms with E-state index in [0.717, 1.165) is 12.1 Å². The van der Waals surface area contributed by atoms with Crippen molar-refractivity contribution >= 4 is 5.69 Å². The first-order valence-corrected chi connectivity index (χ1v) is 6.90. The Morgan fingerprint density at radius 1 is 1.00 bits per heavy atom. The maximum Gasteiger partial charge on any atom is 0.0896 e. The van der Waals surface area contributed by atoms with Gasteiger partial charge in [-0.05, 0) is 49.1 Å². The van der Waals surface area contributed by atoms with Crippen molar-refractivity contribution in [3.8, 4) is 11.1 Å². The van der Waals surface area contributed by atoms with E-state index in [1.807, 2.05) is 32.9 Å². The van der Waals surface area contributed by atoms with Gasteiger partial charge in [0.1, 0.15) is 0 Å². The van der Waals surface area contributed by atoms with E-state index >= 15 is 0 Å². The number of hydrazine groups is 1. The zero-order chi connectivity index (χ0) is 14.3. The predicted molar refractivity (Wildman–Crippen MR) is 82.2 cm³/mol. The van der Waals surface area contributed by atoms with E-state index in [0.29, 0.717) is 0 Å². The first kappa shape index (κ1) is 13.2. The quantitative estimate of drug-likeness (QED) is 0.569. The molecular weight excluding hydrogens is 248 g/mol. The van der Waals surface area contributed by atoms with Crippen molar-refractivity contribution in [2.75, 3.05) is 5.17 Å². The van der Waals surface area contributed by atoms with Crippen molar-refractivity contribution in [3.05, 3.63) is 53.6 Å². The highest BCUT2D eigenvalue weighted by Crippen LogP contribution is 2.40. The fourth-order valence-corrected chi connectivity index (χ4v) is 2.69. The molecule has 0 amide bonds.